The van der Waals surface area contributed by atoms with Gasteiger partial charge in [0, 0.05) is 24.9 Å². The number of aliphatic hydroxyl groups is 1. The van der Waals surface area contributed by atoms with Crippen molar-refractivity contribution in [2.75, 3.05) is 6.61 Å². The third-order valence-corrected chi connectivity index (χ3v) is 10.6. The number of aliphatic hydroxyl groups excluding tert-OH is 1. The summed E-state index contributed by atoms with van der Waals surface area (Å²) in [5.74, 6) is -2.30. The van der Waals surface area contributed by atoms with E-state index in [0.29, 0.717) is 5.56 Å². The molecule has 7 heteroatoms. The van der Waals surface area contributed by atoms with Gasteiger partial charge in [-0.05, 0) is 30.3 Å². The number of esters is 1. The van der Waals surface area contributed by atoms with Gasteiger partial charge in [0.05, 0.1) is 18.1 Å². The van der Waals surface area contributed by atoms with E-state index in [0.717, 1.165) is 0 Å². The first-order chi connectivity index (χ1) is 12.9. The molecule has 0 bridgehead atoms. The Labute approximate surface area is 168 Å². The average Bonchev–Trinajstić information content (AvgIpc) is 2.87. The number of carboxylic acids is 1. The van der Waals surface area contributed by atoms with Crippen LogP contribution in [0.3, 0.4) is 0 Å². The van der Waals surface area contributed by atoms with Crippen LogP contribution in [0.5, 0.6) is 0 Å². The van der Waals surface area contributed by atoms with Crippen LogP contribution in [0.1, 0.15) is 44.0 Å². The molecule has 0 saturated heterocycles. The highest BCUT2D eigenvalue weighted by atomic mass is 28.4. The fraction of sp³-hybridized carbons (Fsp3) is 0.619. The molecule has 2 N–H and O–H groups in total. The number of aliphatic carboxylic acids is 1. The van der Waals surface area contributed by atoms with Gasteiger partial charge in [0.1, 0.15) is 6.10 Å². The molecule has 1 aliphatic rings. The van der Waals surface area contributed by atoms with Gasteiger partial charge in [-0.2, -0.15) is 0 Å². The maximum absolute atomic E-state index is 12.5. The highest BCUT2D eigenvalue weighted by Crippen LogP contribution is 2.41. The number of hydrogen-bond donors (Lipinski definition) is 2. The molecule has 0 heterocycles. The molecule has 28 heavy (non-hydrogen) atoms. The second kappa shape index (κ2) is 8.76. The third-order valence-electron chi connectivity index (χ3n) is 6.12. The van der Waals surface area contributed by atoms with Crippen LogP contribution in [-0.4, -0.2) is 49.3 Å². The summed E-state index contributed by atoms with van der Waals surface area (Å²) in [5.41, 5.74) is 0.433. The van der Waals surface area contributed by atoms with Crippen LogP contribution in [0.25, 0.3) is 0 Å². The molecular weight excluding hydrogens is 376 g/mol. The largest absolute Gasteiger partial charge is 0.481 e. The first-order valence-corrected chi connectivity index (χ1v) is 12.6. The Morgan fingerprint density at radius 1 is 1.14 bits per heavy atom. The molecule has 1 aromatic rings. The minimum absolute atomic E-state index is 0.00271. The molecule has 6 nitrogen and oxygen atoms in total. The summed E-state index contributed by atoms with van der Waals surface area (Å²) in [6, 6.07) is 8.67. The Kier molecular flexibility index (Phi) is 7.06. The van der Waals surface area contributed by atoms with Crippen molar-refractivity contribution in [2.24, 2.45) is 11.8 Å². The van der Waals surface area contributed by atoms with Crippen molar-refractivity contribution in [1.29, 1.82) is 0 Å². The van der Waals surface area contributed by atoms with Crippen molar-refractivity contribution < 1.29 is 29.0 Å². The summed E-state index contributed by atoms with van der Waals surface area (Å²) in [6.07, 6.45) is -1.36. The lowest BCUT2D eigenvalue weighted by molar-refractivity contribution is -0.139. The first kappa shape index (κ1) is 22.6. The fourth-order valence-electron chi connectivity index (χ4n) is 3.30. The van der Waals surface area contributed by atoms with Gasteiger partial charge in [-0.1, -0.05) is 39.0 Å². The first-order valence-electron chi connectivity index (χ1n) is 9.72. The molecule has 0 radical (unpaired) electrons. The van der Waals surface area contributed by atoms with Gasteiger partial charge in [0.25, 0.3) is 0 Å². The summed E-state index contributed by atoms with van der Waals surface area (Å²) in [4.78, 5) is 23.8. The molecule has 1 aliphatic carbocycles. The highest BCUT2D eigenvalue weighted by molar-refractivity contribution is 6.74. The summed E-state index contributed by atoms with van der Waals surface area (Å²) in [5, 5.41) is 19.7. The Balaban J connectivity index is 2.17. The van der Waals surface area contributed by atoms with Crippen molar-refractivity contribution in [1.82, 2.24) is 0 Å². The number of ether oxygens (including phenoxy) is 1. The normalized spacial score (nSPS) is 25.5. The van der Waals surface area contributed by atoms with Gasteiger partial charge >= 0.3 is 11.9 Å². The standard InChI is InChI=1S/C21H32O6Si/c1-21(2,3)28(4,5)26-13-16-15(11-19(23)24)17(22)12-18(16)27-20(25)14-9-7-6-8-10-14/h6-10,15-18,22H,11-13H2,1-5H3,(H,23,24)/t15-,16-,17+,18-/m1/s1. The number of benzene rings is 1. The summed E-state index contributed by atoms with van der Waals surface area (Å²) < 4.78 is 12.0. The molecule has 156 valence electrons. The number of carbonyl (C=O) groups is 2. The fourth-order valence-corrected chi connectivity index (χ4v) is 4.35. The molecule has 1 fully saturated rings. The van der Waals surface area contributed by atoms with Crippen LogP contribution in [0.15, 0.2) is 30.3 Å². The van der Waals surface area contributed by atoms with Gasteiger partial charge in [-0.15, -0.1) is 0 Å². The molecule has 2 rings (SSSR count). The van der Waals surface area contributed by atoms with E-state index in [9.17, 15) is 19.8 Å². The van der Waals surface area contributed by atoms with E-state index < -0.39 is 38.4 Å². The van der Waals surface area contributed by atoms with Crippen LogP contribution in [0.2, 0.25) is 18.1 Å². The van der Waals surface area contributed by atoms with Gasteiger partial charge in [0.15, 0.2) is 8.32 Å². The Bertz CT molecular complexity index is 682. The molecule has 4 atom stereocenters. The zero-order valence-electron chi connectivity index (χ0n) is 17.3. The minimum atomic E-state index is -2.07. The average molecular weight is 409 g/mol. The second-order valence-electron chi connectivity index (χ2n) is 9.11. The Hall–Kier alpha value is -1.70. The number of carboxylic acid groups (broad SMARTS) is 1. The minimum Gasteiger partial charge on any atom is -0.481 e. The highest BCUT2D eigenvalue weighted by Gasteiger charge is 2.47. The summed E-state index contributed by atoms with van der Waals surface area (Å²) in [7, 11) is -2.07. The van der Waals surface area contributed by atoms with Gasteiger partial charge in [-0.3, -0.25) is 4.79 Å². The van der Waals surface area contributed by atoms with Crippen LogP contribution in [0, 0.1) is 11.8 Å². The number of carbonyl (C=O) groups excluding carboxylic acids is 1. The SMILES string of the molecule is CC(C)(C)[Si](C)(C)OC[C@@H]1[C@@H](CC(=O)O)[C@@H](O)C[C@H]1OC(=O)c1ccccc1. The quantitative estimate of drug-likeness (QED) is 0.528. The second-order valence-corrected chi connectivity index (χ2v) is 13.9. The molecule has 0 unspecified atom stereocenters. The lowest BCUT2D eigenvalue weighted by Gasteiger charge is -2.38. The lowest BCUT2D eigenvalue weighted by Crippen LogP contribution is -2.44. The van der Waals surface area contributed by atoms with E-state index in [4.69, 9.17) is 9.16 Å². The van der Waals surface area contributed by atoms with Crippen LogP contribution in [0.4, 0.5) is 0 Å². The van der Waals surface area contributed by atoms with Crippen molar-refractivity contribution in [3.63, 3.8) is 0 Å². The van der Waals surface area contributed by atoms with E-state index in [1.807, 2.05) is 6.07 Å². The Morgan fingerprint density at radius 2 is 1.75 bits per heavy atom. The molecule has 1 saturated carbocycles. The van der Waals surface area contributed by atoms with Crippen LogP contribution >= 0.6 is 0 Å². The number of rotatable bonds is 7. The van der Waals surface area contributed by atoms with Gasteiger partial charge in [-0.25, -0.2) is 4.79 Å². The molecular formula is C21H32O6Si. The van der Waals surface area contributed by atoms with Crippen molar-refractivity contribution in [3.05, 3.63) is 35.9 Å². The molecule has 1 aromatic carbocycles. The summed E-state index contributed by atoms with van der Waals surface area (Å²) >= 11 is 0. The van der Waals surface area contributed by atoms with Gasteiger partial charge in [0.2, 0.25) is 0 Å². The zero-order valence-corrected chi connectivity index (χ0v) is 18.3. The molecule has 0 aliphatic heterocycles. The van der Waals surface area contributed by atoms with E-state index in [1.165, 1.54) is 0 Å². The maximum atomic E-state index is 12.5. The van der Waals surface area contributed by atoms with Crippen LogP contribution in [-0.2, 0) is 14.0 Å². The van der Waals surface area contributed by atoms with Gasteiger partial charge < -0.3 is 19.4 Å². The zero-order chi connectivity index (χ0) is 21.1. The number of hydrogen-bond acceptors (Lipinski definition) is 5. The Morgan fingerprint density at radius 3 is 2.29 bits per heavy atom. The van der Waals surface area contributed by atoms with E-state index in [1.54, 1.807) is 24.3 Å². The molecule has 0 aromatic heterocycles. The molecule has 0 spiro atoms. The predicted molar refractivity (Wildman–Crippen MR) is 109 cm³/mol. The van der Waals surface area contributed by atoms with Crippen molar-refractivity contribution in [2.45, 2.75) is 64.0 Å². The van der Waals surface area contributed by atoms with E-state index >= 15 is 0 Å². The van der Waals surface area contributed by atoms with Crippen molar-refractivity contribution in [3.8, 4) is 0 Å². The van der Waals surface area contributed by atoms with Crippen LogP contribution < -0.4 is 0 Å². The van der Waals surface area contributed by atoms with E-state index in [-0.39, 0.29) is 30.4 Å². The lowest BCUT2D eigenvalue weighted by atomic mass is 9.91. The third kappa shape index (κ3) is 5.43. The summed E-state index contributed by atoms with van der Waals surface area (Å²) in [6.45, 7) is 10.9. The van der Waals surface area contributed by atoms with Crippen molar-refractivity contribution >= 4 is 20.3 Å². The monoisotopic (exact) mass is 408 g/mol. The maximum Gasteiger partial charge on any atom is 0.338 e. The molecule has 0 amide bonds. The smallest absolute Gasteiger partial charge is 0.338 e. The predicted octanol–water partition coefficient (Wildman–Crippen LogP) is 3.71. The topological polar surface area (TPSA) is 93.1 Å². The van der Waals surface area contributed by atoms with E-state index in [2.05, 4.69) is 33.9 Å².